The van der Waals surface area contributed by atoms with Crippen LogP contribution in [0, 0.1) is 5.82 Å². The molecule has 0 saturated carbocycles. The van der Waals surface area contributed by atoms with Gasteiger partial charge in [-0.2, -0.15) is 0 Å². The van der Waals surface area contributed by atoms with Gasteiger partial charge in [-0.05, 0) is 24.6 Å². The molecular weight excluding hydrogens is 351 g/mol. The summed E-state index contributed by atoms with van der Waals surface area (Å²) in [5, 5.41) is 18.4. The fourth-order valence-electron chi connectivity index (χ4n) is 1.81. The number of halogens is 1. The number of rotatable bonds is 6. The van der Waals surface area contributed by atoms with E-state index in [1.165, 1.54) is 17.5 Å². The highest BCUT2D eigenvalue weighted by Gasteiger charge is 2.20. The van der Waals surface area contributed by atoms with Crippen molar-refractivity contribution in [1.29, 1.82) is 0 Å². The van der Waals surface area contributed by atoms with Gasteiger partial charge >= 0.3 is 12.0 Å². The third-order valence-corrected chi connectivity index (χ3v) is 3.64. The van der Waals surface area contributed by atoms with Crippen LogP contribution in [0.15, 0.2) is 34.8 Å². The van der Waals surface area contributed by atoms with E-state index in [9.17, 15) is 14.0 Å². The quantitative estimate of drug-likeness (QED) is 0.314. The zero-order chi connectivity index (χ0) is 18.2. The molecule has 3 N–H and O–H groups in total. The Morgan fingerprint density at radius 3 is 2.92 bits per heavy atom. The Labute approximate surface area is 146 Å². The molecule has 1 aromatic heterocycles. The molecule has 2 aromatic rings. The predicted octanol–water partition coefficient (Wildman–Crippen LogP) is 2.35. The molecule has 2 rings (SSSR count). The minimum atomic E-state index is -0.822. The normalized spacial score (nSPS) is 11.0. The molecule has 0 spiro atoms. The second-order valence-corrected chi connectivity index (χ2v) is 5.50. The zero-order valence-corrected chi connectivity index (χ0v) is 14.0. The lowest BCUT2D eigenvalue weighted by Gasteiger charge is -2.05. The second kappa shape index (κ2) is 8.73. The first-order valence-corrected chi connectivity index (χ1v) is 8.05. The largest absolute Gasteiger partial charge is 0.461 e. The van der Waals surface area contributed by atoms with Crippen LogP contribution in [0.1, 0.15) is 18.2 Å². The summed E-state index contributed by atoms with van der Waals surface area (Å²) in [5.74, 6) is -1.21. The van der Waals surface area contributed by atoms with Crippen molar-refractivity contribution in [3.8, 4) is 0 Å². The van der Waals surface area contributed by atoms with E-state index in [2.05, 4.69) is 20.8 Å². The number of urea groups is 1. The maximum atomic E-state index is 13.1. The summed E-state index contributed by atoms with van der Waals surface area (Å²) in [6.45, 7) is 1.87. The van der Waals surface area contributed by atoms with E-state index in [0.717, 1.165) is 11.3 Å². The number of ether oxygens (including phenoxy) is 1. The van der Waals surface area contributed by atoms with Crippen molar-refractivity contribution in [2.45, 2.75) is 13.5 Å². The molecule has 0 unspecified atom stereocenters. The van der Waals surface area contributed by atoms with Crippen LogP contribution in [0.5, 0.6) is 0 Å². The molecular formula is C15H15FN4O4S. The Morgan fingerprint density at radius 2 is 2.24 bits per heavy atom. The average molecular weight is 366 g/mol. The van der Waals surface area contributed by atoms with Gasteiger partial charge in [0.15, 0.2) is 5.13 Å². The molecule has 1 aromatic carbocycles. The summed E-state index contributed by atoms with van der Waals surface area (Å²) in [6.07, 6.45) is 0. The molecule has 25 heavy (non-hydrogen) atoms. The number of nitrogens with one attached hydrogen (secondary N) is 2. The predicted molar refractivity (Wildman–Crippen MR) is 89.3 cm³/mol. The highest BCUT2D eigenvalue weighted by atomic mass is 32.1. The molecule has 0 bridgehead atoms. The number of carbonyl (C=O) groups excluding carboxylic acids is 2. The van der Waals surface area contributed by atoms with Gasteiger partial charge in [-0.3, -0.25) is 5.32 Å². The Hall–Kier alpha value is -3.01. The first-order valence-electron chi connectivity index (χ1n) is 7.17. The maximum Gasteiger partial charge on any atom is 0.362 e. The SMILES string of the molecule is CCOC(=O)/C(=N\O)c1csc(NC(=O)NCc2cccc(F)c2)n1. The van der Waals surface area contributed by atoms with Gasteiger partial charge in [-0.1, -0.05) is 17.3 Å². The van der Waals surface area contributed by atoms with Gasteiger partial charge < -0.3 is 15.3 Å². The molecule has 0 aliphatic heterocycles. The van der Waals surface area contributed by atoms with Crippen LogP contribution in [0.3, 0.4) is 0 Å². The van der Waals surface area contributed by atoms with Gasteiger partial charge in [0.05, 0.1) is 6.61 Å². The van der Waals surface area contributed by atoms with Gasteiger partial charge in [0.2, 0.25) is 5.71 Å². The van der Waals surface area contributed by atoms with E-state index in [-0.39, 0.29) is 35.5 Å². The molecule has 132 valence electrons. The summed E-state index contributed by atoms with van der Waals surface area (Å²) in [4.78, 5) is 27.4. The number of carbonyl (C=O) groups is 2. The Balaban J connectivity index is 1.93. The van der Waals surface area contributed by atoms with Crippen molar-refractivity contribution in [2.24, 2.45) is 5.16 Å². The third-order valence-electron chi connectivity index (χ3n) is 2.88. The Morgan fingerprint density at radius 1 is 1.44 bits per heavy atom. The van der Waals surface area contributed by atoms with Crippen molar-refractivity contribution >= 4 is 34.2 Å². The Bertz CT molecular complexity index is 793. The molecule has 0 fully saturated rings. The molecule has 0 aliphatic carbocycles. The third kappa shape index (κ3) is 5.24. The van der Waals surface area contributed by atoms with Gasteiger partial charge in [0, 0.05) is 11.9 Å². The van der Waals surface area contributed by atoms with Crippen molar-refractivity contribution in [3.05, 3.63) is 46.7 Å². The molecule has 2 amide bonds. The number of oxime groups is 1. The standard InChI is InChI=1S/C15H15FN4O4S/c1-2-24-13(21)12(20-23)11-8-25-15(18-11)19-14(22)17-7-9-4-3-5-10(16)6-9/h3-6,8,23H,2,7H2,1H3,(H2,17,18,19,22)/b20-12-. The minimum Gasteiger partial charge on any atom is -0.461 e. The van der Waals surface area contributed by atoms with E-state index in [1.807, 2.05) is 0 Å². The lowest BCUT2D eigenvalue weighted by atomic mass is 10.2. The molecule has 8 nitrogen and oxygen atoms in total. The molecule has 1 heterocycles. The number of esters is 1. The van der Waals surface area contributed by atoms with E-state index in [1.54, 1.807) is 19.1 Å². The molecule has 0 saturated heterocycles. The number of hydrogen-bond donors (Lipinski definition) is 3. The van der Waals surface area contributed by atoms with Crippen molar-refractivity contribution in [1.82, 2.24) is 10.3 Å². The monoisotopic (exact) mass is 366 g/mol. The lowest BCUT2D eigenvalue weighted by molar-refractivity contribution is -0.135. The van der Waals surface area contributed by atoms with E-state index in [0.29, 0.717) is 5.56 Å². The molecule has 0 aliphatic rings. The number of hydrogen-bond acceptors (Lipinski definition) is 7. The summed E-state index contributed by atoms with van der Waals surface area (Å²) in [5.41, 5.74) is 0.324. The summed E-state index contributed by atoms with van der Waals surface area (Å²) < 4.78 is 17.8. The van der Waals surface area contributed by atoms with Gasteiger partial charge in [-0.25, -0.2) is 19.0 Å². The topological polar surface area (TPSA) is 113 Å². The molecule has 0 atom stereocenters. The smallest absolute Gasteiger partial charge is 0.362 e. The van der Waals surface area contributed by atoms with E-state index in [4.69, 9.17) is 9.94 Å². The minimum absolute atomic E-state index is 0.0754. The second-order valence-electron chi connectivity index (χ2n) is 4.64. The number of benzene rings is 1. The van der Waals surface area contributed by atoms with Crippen molar-refractivity contribution in [2.75, 3.05) is 11.9 Å². The molecule has 0 radical (unpaired) electrons. The fourth-order valence-corrected chi connectivity index (χ4v) is 2.50. The maximum absolute atomic E-state index is 13.1. The highest BCUT2D eigenvalue weighted by Crippen LogP contribution is 2.16. The highest BCUT2D eigenvalue weighted by molar-refractivity contribution is 7.14. The first kappa shape index (κ1) is 18.3. The van der Waals surface area contributed by atoms with Crippen LogP contribution in [0.25, 0.3) is 0 Å². The van der Waals surface area contributed by atoms with Crippen LogP contribution in [-0.4, -0.2) is 34.5 Å². The summed E-state index contributed by atoms with van der Waals surface area (Å²) >= 11 is 1.04. The summed E-state index contributed by atoms with van der Waals surface area (Å²) in [7, 11) is 0. The van der Waals surface area contributed by atoms with Crippen LogP contribution < -0.4 is 10.6 Å². The number of aromatic nitrogens is 1. The van der Waals surface area contributed by atoms with Crippen molar-refractivity contribution in [3.63, 3.8) is 0 Å². The van der Waals surface area contributed by atoms with Gasteiger partial charge in [0.1, 0.15) is 11.5 Å². The number of anilines is 1. The number of amides is 2. The van der Waals surface area contributed by atoms with Gasteiger partial charge in [-0.15, -0.1) is 11.3 Å². The lowest BCUT2D eigenvalue weighted by Crippen LogP contribution is -2.28. The van der Waals surface area contributed by atoms with Crippen LogP contribution in [0.4, 0.5) is 14.3 Å². The van der Waals surface area contributed by atoms with E-state index >= 15 is 0 Å². The van der Waals surface area contributed by atoms with Crippen LogP contribution in [-0.2, 0) is 16.1 Å². The zero-order valence-electron chi connectivity index (χ0n) is 13.2. The number of thiazole rings is 1. The number of nitrogens with zero attached hydrogens (tertiary/aromatic N) is 2. The van der Waals surface area contributed by atoms with Crippen molar-refractivity contribution < 1.29 is 23.9 Å². The van der Waals surface area contributed by atoms with Crippen LogP contribution >= 0.6 is 11.3 Å². The Kier molecular flexibility index (Phi) is 6.40. The van der Waals surface area contributed by atoms with Crippen LogP contribution in [0.2, 0.25) is 0 Å². The summed E-state index contributed by atoms with van der Waals surface area (Å²) in [6, 6.07) is 5.29. The average Bonchev–Trinajstić information content (AvgIpc) is 3.02. The van der Waals surface area contributed by atoms with E-state index < -0.39 is 12.0 Å². The first-order chi connectivity index (χ1) is 12.0. The fraction of sp³-hybridized carbons (Fsp3) is 0.200. The van der Waals surface area contributed by atoms with Gasteiger partial charge in [0.25, 0.3) is 0 Å². The molecule has 10 heteroatoms.